The first-order valence-electron chi connectivity index (χ1n) is 8.62. The topological polar surface area (TPSA) is 69.7 Å². The van der Waals surface area contributed by atoms with Crippen LogP contribution in [0.3, 0.4) is 0 Å². The van der Waals surface area contributed by atoms with Gasteiger partial charge in [0.2, 0.25) is 5.91 Å². The van der Waals surface area contributed by atoms with E-state index in [0.29, 0.717) is 31.7 Å². The Hall–Kier alpha value is -1.94. The molecule has 0 radical (unpaired) electrons. The molecular weight excluding hydrogens is 477 g/mol. The highest BCUT2D eigenvalue weighted by atomic mass is 127. The SMILES string of the molecule is Cc1ccc(C(=O)N2CCN(C(=O)CNC(=O)c3ccccc3I)CC2)s1. The lowest BCUT2D eigenvalue weighted by Gasteiger charge is -2.34. The Labute approximate surface area is 175 Å². The van der Waals surface area contributed by atoms with E-state index in [1.807, 2.05) is 31.2 Å². The van der Waals surface area contributed by atoms with Crippen molar-refractivity contribution in [3.8, 4) is 0 Å². The molecule has 0 aliphatic carbocycles. The van der Waals surface area contributed by atoms with Crippen LogP contribution < -0.4 is 5.32 Å². The molecule has 1 aromatic heterocycles. The maximum atomic E-state index is 12.5. The Morgan fingerprint density at radius 2 is 1.70 bits per heavy atom. The zero-order valence-corrected chi connectivity index (χ0v) is 17.9. The molecule has 2 aromatic rings. The van der Waals surface area contributed by atoms with Crippen molar-refractivity contribution in [2.75, 3.05) is 32.7 Å². The molecule has 0 atom stereocenters. The number of benzene rings is 1. The van der Waals surface area contributed by atoms with E-state index < -0.39 is 0 Å². The summed E-state index contributed by atoms with van der Waals surface area (Å²) < 4.78 is 0.844. The van der Waals surface area contributed by atoms with Gasteiger partial charge >= 0.3 is 0 Å². The van der Waals surface area contributed by atoms with Crippen LogP contribution in [0, 0.1) is 10.5 Å². The van der Waals surface area contributed by atoms with E-state index in [0.717, 1.165) is 13.3 Å². The average molecular weight is 497 g/mol. The third-order valence-electron chi connectivity index (χ3n) is 4.39. The van der Waals surface area contributed by atoms with Crippen molar-refractivity contribution in [1.82, 2.24) is 15.1 Å². The number of nitrogens with one attached hydrogen (secondary N) is 1. The van der Waals surface area contributed by atoms with E-state index in [2.05, 4.69) is 27.9 Å². The van der Waals surface area contributed by atoms with Crippen LogP contribution >= 0.6 is 33.9 Å². The van der Waals surface area contributed by atoms with E-state index in [1.165, 1.54) is 11.3 Å². The van der Waals surface area contributed by atoms with Crippen LogP contribution in [0.15, 0.2) is 36.4 Å². The van der Waals surface area contributed by atoms with Gasteiger partial charge < -0.3 is 15.1 Å². The average Bonchev–Trinajstić information content (AvgIpc) is 3.12. The van der Waals surface area contributed by atoms with Crippen molar-refractivity contribution in [3.63, 3.8) is 0 Å². The Bertz CT molecular complexity index is 859. The Morgan fingerprint density at radius 1 is 1.04 bits per heavy atom. The van der Waals surface area contributed by atoms with Crippen molar-refractivity contribution in [1.29, 1.82) is 0 Å². The fourth-order valence-electron chi connectivity index (χ4n) is 2.87. The Balaban J connectivity index is 1.48. The highest BCUT2D eigenvalue weighted by Crippen LogP contribution is 2.18. The maximum absolute atomic E-state index is 12.5. The summed E-state index contributed by atoms with van der Waals surface area (Å²) in [6.07, 6.45) is 0. The summed E-state index contributed by atoms with van der Waals surface area (Å²) in [5, 5.41) is 2.69. The van der Waals surface area contributed by atoms with Gasteiger partial charge in [-0.2, -0.15) is 0 Å². The number of thiophene rings is 1. The van der Waals surface area contributed by atoms with Gasteiger partial charge in [-0.25, -0.2) is 0 Å². The molecule has 6 nitrogen and oxygen atoms in total. The molecule has 0 saturated carbocycles. The van der Waals surface area contributed by atoms with Gasteiger partial charge in [0, 0.05) is 34.6 Å². The normalized spacial score (nSPS) is 14.1. The van der Waals surface area contributed by atoms with Gasteiger partial charge in [-0.15, -0.1) is 11.3 Å². The molecule has 0 spiro atoms. The van der Waals surface area contributed by atoms with Gasteiger partial charge in [0.25, 0.3) is 11.8 Å². The minimum Gasteiger partial charge on any atom is -0.343 e. The van der Waals surface area contributed by atoms with Crippen molar-refractivity contribution in [3.05, 3.63) is 55.3 Å². The summed E-state index contributed by atoms with van der Waals surface area (Å²) in [7, 11) is 0. The minimum atomic E-state index is -0.254. The van der Waals surface area contributed by atoms with Gasteiger partial charge in [0.15, 0.2) is 0 Å². The van der Waals surface area contributed by atoms with Crippen LogP contribution in [0.25, 0.3) is 0 Å². The molecule has 27 heavy (non-hydrogen) atoms. The highest BCUT2D eigenvalue weighted by molar-refractivity contribution is 14.1. The van der Waals surface area contributed by atoms with E-state index >= 15 is 0 Å². The van der Waals surface area contributed by atoms with E-state index in [4.69, 9.17) is 0 Å². The molecule has 3 amide bonds. The first kappa shape index (κ1) is 19.8. The van der Waals surface area contributed by atoms with Gasteiger partial charge in [0.1, 0.15) is 0 Å². The smallest absolute Gasteiger partial charge is 0.264 e. The van der Waals surface area contributed by atoms with Crippen molar-refractivity contribution in [2.24, 2.45) is 0 Å². The van der Waals surface area contributed by atoms with Crippen LogP contribution in [-0.4, -0.2) is 60.2 Å². The summed E-state index contributed by atoms with van der Waals surface area (Å²) in [5.41, 5.74) is 0.563. The number of hydrogen-bond donors (Lipinski definition) is 1. The lowest BCUT2D eigenvalue weighted by molar-refractivity contribution is -0.131. The van der Waals surface area contributed by atoms with E-state index in [9.17, 15) is 14.4 Å². The largest absolute Gasteiger partial charge is 0.343 e. The molecule has 1 N–H and O–H groups in total. The van der Waals surface area contributed by atoms with Gasteiger partial charge in [0.05, 0.1) is 17.0 Å². The predicted octanol–water partition coefficient (Wildman–Crippen LogP) is 2.38. The molecule has 1 aliphatic rings. The second-order valence-corrected chi connectivity index (χ2v) is 8.70. The van der Waals surface area contributed by atoms with Crippen LogP contribution in [0.2, 0.25) is 0 Å². The molecular formula is C19H20IN3O3S. The second kappa shape index (κ2) is 8.83. The number of halogens is 1. The van der Waals surface area contributed by atoms with Crippen LogP contribution in [-0.2, 0) is 4.79 Å². The van der Waals surface area contributed by atoms with Crippen molar-refractivity contribution >= 4 is 51.6 Å². The molecule has 1 saturated heterocycles. The third kappa shape index (κ3) is 4.86. The second-order valence-electron chi connectivity index (χ2n) is 6.25. The number of aryl methyl sites for hydroxylation is 1. The molecule has 1 aliphatic heterocycles. The van der Waals surface area contributed by atoms with Crippen LogP contribution in [0.5, 0.6) is 0 Å². The van der Waals surface area contributed by atoms with E-state index in [-0.39, 0.29) is 24.3 Å². The Morgan fingerprint density at radius 3 is 2.33 bits per heavy atom. The van der Waals surface area contributed by atoms with Gasteiger partial charge in [-0.3, -0.25) is 14.4 Å². The third-order valence-corrected chi connectivity index (χ3v) is 6.32. The van der Waals surface area contributed by atoms with Crippen molar-refractivity contribution < 1.29 is 14.4 Å². The standard InChI is InChI=1S/C19H20IN3O3S/c1-13-6-7-16(27-13)19(26)23-10-8-22(9-11-23)17(24)12-21-18(25)14-4-2-3-5-15(14)20/h2-7H,8-12H2,1H3,(H,21,25). The van der Waals surface area contributed by atoms with Crippen LogP contribution in [0.4, 0.5) is 0 Å². The summed E-state index contributed by atoms with van der Waals surface area (Å²) in [6.45, 7) is 3.91. The number of hydrogen-bond acceptors (Lipinski definition) is 4. The molecule has 1 aromatic carbocycles. The first-order chi connectivity index (χ1) is 13.0. The number of piperazine rings is 1. The minimum absolute atomic E-state index is 0.0205. The molecule has 0 unspecified atom stereocenters. The summed E-state index contributed by atoms with van der Waals surface area (Å²) in [4.78, 5) is 42.4. The summed E-state index contributed by atoms with van der Waals surface area (Å²) in [5.74, 6) is -0.365. The predicted molar refractivity (Wildman–Crippen MR) is 113 cm³/mol. The Kier molecular flexibility index (Phi) is 6.48. The van der Waals surface area contributed by atoms with Crippen molar-refractivity contribution in [2.45, 2.75) is 6.92 Å². The molecule has 0 bridgehead atoms. The maximum Gasteiger partial charge on any atom is 0.264 e. The monoisotopic (exact) mass is 497 g/mol. The number of amides is 3. The molecule has 8 heteroatoms. The zero-order chi connectivity index (χ0) is 19.4. The number of nitrogens with zero attached hydrogens (tertiary/aromatic N) is 2. The quantitative estimate of drug-likeness (QED) is 0.660. The zero-order valence-electron chi connectivity index (χ0n) is 14.9. The fourth-order valence-corrected chi connectivity index (χ4v) is 4.34. The van der Waals surface area contributed by atoms with Gasteiger partial charge in [-0.05, 0) is 53.8 Å². The molecule has 1 fully saturated rings. The first-order valence-corrected chi connectivity index (χ1v) is 10.5. The summed E-state index contributed by atoms with van der Waals surface area (Å²) in [6, 6.07) is 11.0. The lowest BCUT2D eigenvalue weighted by atomic mass is 10.2. The number of carbonyl (C=O) groups is 3. The molecule has 3 rings (SSSR count). The van der Waals surface area contributed by atoms with Crippen LogP contribution in [0.1, 0.15) is 24.9 Å². The number of carbonyl (C=O) groups excluding carboxylic acids is 3. The van der Waals surface area contributed by atoms with Gasteiger partial charge in [-0.1, -0.05) is 12.1 Å². The lowest BCUT2D eigenvalue weighted by Crippen LogP contribution is -2.52. The molecule has 142 valence electrons. The highest BCUT2D eigenvalue weighted by Gasteiger charge is 2.25. The fraction of sp³-hybridized carbons (Fsp3) is 0.316. The molecule has 2 heterocycles. The van der Waals surface area contributed by atoms with E-state index in [1.54, 1.807) is 21.9 Å². The number of rotatable bonds is 4. The summed E-state index contributed by atoms with van der Waals surface area (Å²) >= 11 is 3.58.